The summed E-state index contributed by atoms with van der Waals surface area (Å²) in [7, 11) is 0. The third-order valence-corrected chi connectivity index (χ3v) is 6.41. The van der Waals surface area contributed by atoms with Crippen molar-refractivity contribution in [2.24, 2.45) is 23.7 Å². The van der Waals surface area contributed by atoms with E-state index in [9.17, 15) is 15.0 Å². The van der Waals surface area contributed by atoms with Crippen molar-refractivity contribution in [3.63, 3.8) is 0 Å². The van der Waals surface area contributed by atoms with Crippen LogP contribution in [0.1, 0.15) is 51.0 Å². The average molecular weight is 397 g/mol. The van der Waals surface area contributed by atoms with E-state index >= 15 is 0 Å². The van der Waals surface area contributed by atoms with Crippen LogP contribution in [-0.2, 0) is 11.2 Å². The molecule has 3 N–H and O–H groups in total. The van der Waals surface area contributed by atoms with Gasteiger partial charge in [-0.3, -0.25) is 4.79 Å². The first kappa shape index (κ1) is 21.6. The molecule has 2 saturated carbocycles. The largest absolute Gasteiger partial charge is 0.481 e. The highest BCUT2D eigenvalue weighted by Crippen LogP contribution is 2.57. The predicted octanol–water partition coefficient (Wildman–Crippen LogP) is 3.82. The van der Waals surface area contributed by atoms with Crippen LogP contribution in [0.2, 0.25) is 0 Å². The highest BCUT2D eigenvalue weighted by atomic mass is 16.4. The minimum absolute atomic E-state index is 0.118. The molecular formula is C25H32O4. The van der Waals surface area contributed by atoms with Crippen LogP contribution >= 0.6 is 0 Å². The van der Waals surface area contributed by atoms with E-state index in [1.54, 1.807) is 0 Å². The number of benzene rings is 1. The Bertz CT molecular complexity index is 773. The molecule has 156 valence electrons. The molecule has 6 atom stereocenters. The number of aliphatic hydroxyl groups is 2. The van der Waals surface area contributed by atoms with E-state index in [1.807, 2.05) is 30.3 Å². The molecule has 0 aliphatic heterocycles. The van der Waals surface area contributed by atoms with Gasteiger partial charge in [0.1, 0.15) is 6.10 Å². The van der Waals surface area contributed by atoms with E-state index in [4.69, 9.17) is 5.11 Å². The summed E-state index contributed by atoms with van der Waals surface area (Å²) in [5.74, 6) is 6.44. The topological polar surface area (TPSA) is 77.8 Å². The maximum atomic E-state index is 10.8. The molecule has 3 rings (SSSR count). The number of hydrogen-bond acceptors (Lipinski definition) is 3. The molecule has 1 aromatic carbocycles. The quantitative estimate of drug-likeness (QED) is 0.484. The lowest BCUT2D eigenvalue weighted by atomic mass is 9.50. The molecule has 0 amide bonds. The molecule has 2 aliphatic carbocycles. The lowest BCUT2D eigenvalue weighted by Gasteiger charge is -2.55. The summed E-state index contributed by atoms with van der Waals surface area (Å²) in [6.45, 7) is 2.16. The van der Waals surface area contributed by atoms with Crippen molar-refractivity contribution in [2.45, 2.75) is 64.1 Å². The van der Waals surface area contributed by atoms with Gasteiger partial charge in [0, 0.05) is 12.8 Å². The van der Waals surface area contributed by atoms with Crippen LogP contribution in [0.5, 0.6) is 0 Å². The van der Waals surface area contributed by atoms with E-state index in [2.05, 4.69) is 24.8 Å². The van der Waals surface area contributed by atoms with Gasteiger partial charge >= 0.3 is 5.97 Å². The Kier molecular flexibility index (Phi) is 7.52. The number of carboxylic acid groups (broad SMARTS) is 1. The Balaban J connectivity index is 1.71. The standard InChI is InChI=1S/C25H32O4/c1-2-7-20-19(10-6-11-24(28)29)21-14-15-23(27)22(25(20)21)13-12-18(26)16-17-8-4-3-5-9-17/h3-5,8-10,18,20-23,25-27H,2,6-7,11,14-16H2,1H3,(H,28,29)/t18?,20?,21-,22+,23-,25+/m1/s1. The lowest BCUT2D eigenvalue weighted by Crippen LogP contribution is -2.51. The molecule has 0 aromatic heterocycles. The Morgan fingerprint density at radius 1 is 1.28 bits per heavy atom. The van der Waals surface area contributed by atoms with Gasteiger partial charge < -0.3 is 15.3 Å². The van der Waals surface area contributed by atoms with E-state index in [-0.39, 0.29) is 12.3 Å². The summed E-state index contributed by atoms with van der Waals surface area (Å²) in [4.78, 5) is 10.8. The maximum absolute atomic E-state index is 10.8. The fourth-order valence-corrected chi connectivity index (χ4v) is 5.14. The number of carbonyl (C=O) groups is 1. The van der Waals surface area contributed by atoms with Crippen molar-refractivity contribution in [2.75, 3.05) is 0 Å². The van der Waals surface area contributed by atoms with Crippen LogP contribution < -0.4 is 0 Å². The molecule has 2 unspecified atom stereocenters. The number of fused-ring (bicyclic) bond motifs is 1. The van der Waals surface area contributed by atoms with Crippen molar-refractivity contribution in [3.05, 3.63) is 47.5 Å². The zero-order valence-corrected chi connectivity index (χ0v) is 17.1. The minimum Gasteiger partial charge on any atom is -0.481 e. The van der Waals surface area contributed by atoms with Gasteiger partial charge in [-0.1, -0.05) is 67.2 Å². The second kappa shape index (κ2) is 10.1. The van der Waals surface area contributed by atoms with Gasteiger partial charge in [0.25, 0.3) is 0 Å². The van der Waals surface area contributed by atoms with Crippen LogP contribution in [0.4, 0.5) is 0 Å². The third-order valence-electron chi connectivity index (χ3n) is 6.41. The van der Waals surface area contributed by atoms with E-state index in [0.29, 0.717) is 37.0 Å². The first-order chi connectivity index (χ1) is 14.0. The number of hydrogen-bond donors (Lipinski definition) is 3. The predicted molar refractivity (Wildman–Crippen MR) is 113 cm³/mol. The Hall–Kier alpha value is -2.09. The summed E-state index contributed by atoms with van der Waals surface area (Å²) < 4.78 is 0. The molecule has 0 bridgehead atoms. The molecule has 0 radical (unpaired) electrons. The van der Waals surface area contributed by atoms with Crippen molar-refractivity contribution in [1.82, 2.24) is 0 Å². The molecular weight excluding hydrogens is 364 g/mol. The first-order valence-corrected chi connectivity index (χ1v) is 10.8. The molecule has 0 spiro atoms. The van der Waals surface area contributed by atoms with Crippen LogP contribution in [0, 0.1) is 35.5 Å². The molecule has 2 aliphatic rings. The Morgan fingerprint density at radius 3 is 2.72 bits per heavy atom. The first-order valence-electron chi connectivity index (χ1n) is 10.8. The fraction of sp³-hybridized carbons (Fsp3) is 0.560. The van der Waals surface area contributed by atoms with Gasteiger partial charge in [-0.05, 0) is 49.0 Å². The van der Waals surface area contributed by atoms with Crippen LogP contribution in [-0.4, -0.2) is 33.5 Å². The highest BCUT2D eigenvalue weighted by molar-refractivity contribution is 5.66. The highest BCUT2D eigenvalue weighted by Gasteiger charge is 2.52. The summed E-state index contributed by atoms with van der Waals surface area (Å²) in [5.41, 5.74) is 2.43. The Labute approximate surface area is 173 Å². The molecule has 4 nitrogen and oxygen atoms in total. The SMILES string of the molecule is CCCC1C(=CCCC(=O)O)[C@H]2CC[C@@H](O)[C@H](C#CC(O)Cc3ccccc3)[C@@H]12. The second-order valence-electron chi connectivity index (χ2n) is 8.38. The van der Waals surface area contributed by atoms with Crippen molar-refractivity contribution < 1.29 is 20.1 Å². The number of carboxylic acids is 1. The third kappa shape index (κ3) is 5.29. The van der Waals surface area contributed by atoms with E-state index in [0.717, 1.165) is 24.8 Å². The smallest absolute Gasteiger partial charge is 0.303 e. The van der Waals surface area contributed by atoms with Gasteiger partial charge in [0.15, 0.2) is 0 Å². The minimum atomic E-state index is -0.764. The van der Waals surface area contributed by atoms with Crippen LogP contribution in [0.25, 0.3) is 0 Å². The van der Waals surface area contributed by atoms with Crippen molar-refractivity contribution in [3.8, 4) is 11.8 Å². The zero-order valence-electron chi connectivity index (χ0n) is 17.1. The fourth-order valence-electron chi connectivity index (χ4n) is 5.14. The number of aliphatic hydroxyl groups excluding tert-OH is 2. The zero-order chi connectivity index (χ0) is 20.8. The van der Waals surface area contributed by atoms with Crippen LogP contribution in [0.3, 0.4) is 0 Å². The van der Waals surface area contributed by atoms with Crippen molar-refractivity contribution in [1.29, 1.82) is 0 Å². The number of rotatable bonds is 7. The normalized spacial score (nSPS) is 30.6. The maximum Gasteiger partial charge on any atom is 0.303 e. The number of allylic oxidation sites excluding steroid dienone is 2. The van der Waals surface area contributed by atoms with Crippen LogP contribution in [0.15, 0.2) is 42.0 Å². The van der Waals surface area contributed by atoms with E-state index < -0.39 is 18.2 Å². The van der Waals surface area contributed by atoms with Gasteiger partial charge in [0.05, 0.1) is 12.0 Å². The lowest BCUT2D eigenvalue weighted by molar-refractivity contribution is -0.136. The summed E-state index contributed by atoms with van der Waals surface area (Å²) in [6, 6.07) is 9.81. The van der Waals surface area contributed by atoms with Gasteiger partial charge in [-0.15, -0.1) is 0 Å². The molecule has 2 fully saturated rings. The van der Waals surface area contributed by atoms with Crippen molar-refractivity contribution >= 4 is 5.97 Å². The average Bonchev–Trinajstić information content (AvgIpc) is 2.69. The van der Waals surface area contributed by atoms with Gasteiger partial charge in [0.2, 0.25) is 0 Å². The second-order valence-corrected chi connectivity index (χ2v) is 8.38. The molecule has 0 heterocycles. The monoisotopic (exact) mass is 396 g/mol. The van der Waals surface area contributed by atoms with E-state index in [1.165, 1.54) is 5.57 Å². The summed E-state index contributed by atoms with van der Waals surface area (Å²) >= 11 is 0. The molecule has 29 heavy (non-hydrogen) atoms. The summed E-state index contributed by atoms with van der Waals surface area (Å²) in [6.07, 6.45) is 5.91. The van der Waals surface area contributed by atoms with Gasteiger partial charge in [-0.25, -0.2) is 0 Å². The Morgan fingerprint density at radius 2 is 2.03 bits per heavy atom. The number of aliphatic carboxylic acids is 1. The molecule has 0 saturated heterocycles. The molecule has 1 aromatic rings. The summed E-state index contributed by atoms with van der Waals surface area (Å²) in [5, 5.41) is 29.9. The molecule has 4 heteroatoms. The van der Waals surface area contributed by atoms with Gasteiger partial charge in [-0.2, -0.15) is 0 Å².